The first-order chi connectivity index (χ1) is 7.83. The second-order valence-electron chi connectivity index (χ2n) is 5.24. The van der Waals surface area contributed by atoms with E-state index in [0.29, 0.717) is 0 Å². The predicted octanol–water partition coefficient (Wildman–Crippen LogP) is 2.52. The zero-order chi connectivity index (χ0) is 11.0. The highest BCUT2D eigenvalue weighted by Gasteiger charge is 2.36. The lowest BCUT2D eigenvalue weighted by Gasteiger charge is -2.41. The molecule has 0 radical (unpaired) electrons. The highest BCUT2D eigenvalue weighted by atomic mass is 15.6. The summed E-state index contributed by atoms with van der Waals surface area (Å²) in [5.41, 5.74) is 1.43. The Morgan fingerprint density at radius 2 is 2.00 bits per heavy atom. The van der Waals surface area contributed by atoms with Gasteiger partial charge in [-0.1, -0.05) is 30.3 Å². The van der Waals surface area contributed by atoms with Crippen LogP contribution in [0.3, 0.4) is 0 Å². The van der Waals surface area contributed by atoms with Crippen molar-refractivity contribution in [3.63, 3.8) is 0 Å². The van der Waals surface area contributed by atoms with Crippen molar-refractivity contribution in [1.82, 2.24) is 10.0 Å². The molecular weight excluding hydrogens is 196 g/mol. The molecule has 2 nitrogen and oxygen atoms in total. The molecule has 1 aromatic carbocycles. The average Bonchev–Trinajstić information content (AvgIpc) is 2.72. The van der Waals surface area contributed by atoms with Gasteiger partial charge in [-0.05, 0) is 30.7 Å². The maximum atomic E-state index is 2.53. The van der Waals surface area contributed by atoms with Gasteiger partial charge < -0.3 is 0 Å². The lowest BCUT2D eigenvalue weighted by molar-refractivity contribution is -0.0735. The van der Waals surface area contributed by atoms with Gasteiger partial charge in [0.1, 0.15) is 0 Å². The Bertz CT molecular complexity index is 349. The second-order valence-corrected chi connectivity index (χ2v) is 5.24. The Morgan fingerprint density at radius 1 is 1.19 bits per heavy atom. The summed E-state index contributed by atoms with van der Waals surface area (Å²) in [6, 6.07) is 11.6. The van der Waals surface area contributed by atoms with Gasteiger partial charge in [0.25, 0.3) is 0 Å². The number of hydrogen-bond donors (Lipinski definition) is 0. The van der Waals surface area contributed by atoms with E-state index in [2.05, 4.69) is 47.4 Å². The van der Waals surface area contributed by atoms with Crippen LogP contribution in [0.2, 0.25) is 0 Å². The number of fused-ring (bicyclic) bond motifs is 2. The van der Waals surface area contributed by atoms with Crippen LogP contribution in [0.4, 0.5) is 0 Å². The predicted molar refractivity (Wildman–Crippen MR) is 65.7 cm³/mol. The Kier molecular flexibility index (Phi) is 2.70. The molecule has 16 heavy (non-hydrogen) atoms. The van der Waals surface area contributed by atoms with Crippen LogP contribution >= 0.6 is 0 Å². The molecule has 2 atom stereocenters. The number of nitrogens with zero attached hydrogens (tertiary/aromatic N) is 2. The molecule has 2 bridgehead atoms. The molecule has 1 saturated carbocycles. The van der Waals surface area contributed by atoms with Crippen molar-refractivity contribution in [2.24, 2.45) is 5.92 Å². The normalized spacial score (nSPS) is 30.8. The summed E-state index contributed by atoms with van der Waals surface area (Å²) in [5.74, 6) is 0.949. The van der Waals surface area contributed by atoms with Crippen LogP contribution in [-0.4, -0.2) is 29.7 Å². The fourth-order valence-corrected chi connectivity index (χ4v) is 3.18. The van der Waals surface area contributed by atoms with Crippen molar-refractivity contribution in [2.45, 2.75) is 31.8 Å². The number of rotatable bonds is 2. The largest absolute Gasteiger partial charge is 0.241 e. The molecule has 1 aliphatic carbocycles. The van der Waals surface area contributed by atoms with Crippen molar-refractivity contribution < 1.29 is 0 Å². The van der Waals surface area contributed by atoms with Crippen molar-refractivity contribution in [2.75, 3.05) is 13.6 Å². The summed E-state index contributed by atoms with van der Waals surface area (Å²) in [7, 11) is 2.26. The molecule has 1 heterocycles. The fourth-order valence-electron chi connectivity index (χ4n) is 3.18. The molecule has 0 aromatic heterocycles. The highest BCUT2D eigenvalue weighted by Crippen LogP contribution is 2.35. The van der Waals surface area contributed by atoms with Crippen molar-refractivity contribution in [3.8, 4) is 0 Å². The Morgan fingerprint density at radius 3 is 2.81 bits per heavy atom. The zero-order valence-corrected chi connectivity index (χ0v) is 9.97. The minimum atomic E-state index is 0.808. The van der Waals surface area contributed by atoms with Crippen LogP contribution in [0.1, 0.15) is 24.8 Å². The van der Waals surface area contributed by atoms with Crippen LogP contribution < -0.4 is 0 Å². The SMILES string of the molecule is CN1C2CCC(C2)CN1Cc1ccccc1. The average molecular weight is 216 g/mol. The third-order valence-electron chi connectivity index (χ3n) is 4.16. The van der Waals surface area contributed by atoms with Gasteiger partial charge in [0.15, 0.2) is 0 Å². The third kappa shape index (κ3) is 1.87. The maximum absolute atomic E-state index is 2.53. The first-order valence-corrected chi connectivity index (χ1v) is 6.34. The van der Waals surface area contributed by atoms with Gasteiger partial charge in [-0.25, -0.2) is 10.0 Å². The zero-order valence-electron chi connectivity index (χ0n) is 9.97. The molecule has 2 unspecified atom stereocenters. The molecule has 0 amide bonds. The third-order valence-corrected chi connectivity index (χ3v) is 4.16. The molecule has 2 heteroatoms. The van der Waals surface area contributed by atoms with Crippen molar-refractivity contribution in [3.05, 3.63) is 35.9 Å². The molecule has 2 aliphatic rings. The van der Waals surface area contributed by atoms with Gasteiger partial charge >= 0.3 is 0 Å². The molecule has 2 fully saturated rings. The van der Waals surface area contributed by atoms with Crippen LogP contribution in [0.5, 0.6) is 0 Å². The van der Waals surface area contributed by atoms with Gasteiger partial charge in [0, 0.05) is 26.2 Å². The Labute approximate surface area is 97.8 Å². The summed E-state index contributed by atoms with van der Waals surface area (Å²) >= 11 is 0. The van der Waals surface area contributed by atoms with Gasteiger partial charge in [0.2, 0.25) is 0 Å². The Hall–Kier alpha value is -0.860. The smallest absolute Gasteiger partial charge is 0.0384 e. The molecule has 0 spiro atoms. The molecule has 1 aliphatic heterocycles. The van der Waals surface area contributed by atoms with E-state index in [9.17, 15) is 0 Å². The maximum Gasteiger partial charge on any atom is 0.0384 e. The van der Waals surface area contributed by atoms with E-state index in [1.807, 2.05) is 0 Å². The first-order valence-electron chi connectivity index (χ1n) is 6.34. The van der Waals surface area contributed by atoms with E-state index in [1.165, 1.54) is 31.4 Å². The van der Waals surface area contributed by atoms with Gasteiger partial charge in [-0.15, -0.1) is 0 Å². The van der Waals surface area contributed by atoms with Crippen molar-refractivity contribution in [1.29, 1.82) is 0 Å². The lowest BCUT2D eigenvalue weighted by Crippen LogP contribution is -2.49. The van der Waals surface area contributed by atoms with Gasteiger partial charge in [-0.3, -0.25) is 0 Å². The second kappa shape index (κ2) is 4.19. The fraction of sp³-hybridized carbons (Fsp3) is 0.571. The molecule has 3 rings (SSSR count). The van der Waals surface area contributed by atoms with Crippen LogP contribution in [-0.2, 0) is 6.54 Å². The molecule has 1 saturated heterocycles. The number of benzene rings is 1. The summed E-state index contributed by atoms with van der Waals surface area (Å²) in [4.78, 5) is 0. The molecular formula is C14H20N2. The summed E-state index contributed by atoms with van der Waals surface area (Å²) in [6.07, 6.45) is 4.24. The van der Waals surface area contributed by atoms with Crippen LogP contribution in [0, 0.1) is 5.92 Å². The van der Waals surface area contributed by atoms with E-state index in [1.54, 1.807) is 0 Å². The first kappa shape index (κ1) is 10.3. The minimum absolute atomic E-state index is 0.808. The summed E-state index contributed by atoms with van der Waals surface area (Å²) < 4.78 is 0. The van der Waals surface area contributed by atoms with E-state index in [-0.39, 0.29) is 0 Å². The number of hydrogen-bond acceptors (Lipinski definition) is 2. The van der Waals surface area contributed by atoms with Gasteiger partial charge in [0.05, 0.1) is 0 Å². The van der Waals surface area contributed by atoms with E-state index >= 15 is 0 Å². The van der Waals surface area contributed by atoms with Crippen LogP contribution in [0.25, 0.3) is 0 Å². The lowest BCUT2D eigenvalue weighted by atomic mass is 10.1. The minimum Gasteiger partial charge on any atom is -0.241 e. The van der Waals surface area contributed by atoms with E-state index < -0.39 is 0 Å². The van der Waals surface area contributed by atoms with Crippen molar-refractivity contribution >= 4 is 0 Å². The number of hydrazine groups is 1. The standard InChI is InChI=1S/C14H20N2/c1-15-14-8-7-13(9-14)11-16(15)10-12-5-3-2-4-6-12/h2-6,13-14H,7-11H2,1H3. The molecule has 1 aromatic rings. The quantitative estimate of drug-likeness (QED) is 0.749. The summed E-state index contributed by atoms with van der Waals surface area (Å²) in [6.45, 7) is 2.33. The molecule has 0 N–H and O–H groups in total. The monoisotopic (exact) mass is 216 g/mol. The Balaban J connectivity index is 1.71. The molecule has 86 valence electrons. The van der Waals surface area contributed by atoms with E-state index in [4.69, 9.17) is 0 Å². The van der Waals surface area contributed by atoms with Crippen LogP contribution in [0.15, 0.2) is 30.3 Å². The topological polar surface area (TPSA) is 6.48 Å². The van der Waals surface area contributed by atoms with E-state index in [0.717, 1.165) is 18.5 Å². The highest BCUT2D eigenvalue weighted by molar-refractivity contribution is 5.14. The summed E-state index contributed by atoms with van der Waals surface area (Å²) in [5, 5.41) is 5.01. The van der Waals surface area contributed by atoms with Gasteiger partial charge in [-0.2, -0.15) is 0 Å².